The first kappa shape index (κ1) is 13.1. The fourth-order valence-electron chi connectivity index (χ4n) is 2.45. The summed E-state index contributed by atoms with van der Waals surface area (Å²) in [5.41, 5.74) is 1.18. The normalized spacial score (nSPS) is 19.4. The smallest absolute Gasteiger partial charge is 0.216 e. The van der Waals surface area contributed by atoms with Gasteiger partial charge in [0.05, 0.1) is 5.69 Å². The van der Waals surface area contributed by atoms with Crippen LogP contribution in [0.3, 0.4) is 0 Å². The molecule has 3 rings (SSSR count). The molecule has 0 bridgehead atoms. The van der Waals surface area contributed by atoms with E-state index in [4.69, 9.17) is 4.74 Å². The number of hydrogen-bond acceptors (Lipinski definition) is 4. The van der Waals surface area contributed by atoms with Crippen LogP contribution in [0.5, 0.6) is 5.88 Å². The average molecular weight is 276 g/mol. The van der Waals surface area contributed by atoms with E-state index < -0.39 is 5.95 Å². The van der Waals surface area contributed by atoms with Gasteiger partial charge in [-0.3, -0.25) is 9.58 Å². The second kappa shape index (κ2) is 5.58. The maximum Gasteiger partial charge on any atom is 0.216 e. The Balaban J connectivity index is 1.56. The molecule has 0 N–H and O–H groups in total. The van der Waals surface area contributed by atoms with E-state index in [0.717, 1.165) is 26.1 Å². The Morgan fingerprint density at radius 2 is 2.30 bits per heavy atom. The molecule has 1 aliphatic heterocycles. The highest BCUT2D eigenvalue weighted by Gasteiger charge is 2.25. The molecule has 6 heteroatoms. The first-order chi connectivity index (χ1) is 9.70. The van der Waals surface area contributed by atoms with Crippen LogP contribution in [0.2, 0.25) is 0 Å². The molecule has 1 aliphatic rings. The number of ether oxygens (including phenoxy) is 1. The second-order valence-corrected chi connectivity index (χ2v) is 5.01. The van der Waals surface area contributed by atoms with E-state index in [-0.39, 0.29) is 6.10 Å². The molecule has 0 radical (unpaired) electrons. The molecule has 0 aliphatic carbocycles. The van der Waals surface area contributed by atoms with Gasteiger partial charge in [-0.1, -0.05) is 6.07 Å². The highest BCUT2D eigenvalue weighted by Crippen LogP contribution is 2.18. The van der Waals surface area contributed by atoms with Crippen molar-refractivity contribution in [1.82, 2.24) is 19.7 Å². The van der Waals surface area contributed by atoms with E-state index in [1.807, 2.05) is 17.8 Å². The minimum Gasteiger partial charge on any atom is -0.473 e. The summed E-state index contributed by atoms with van der Waals surface area (Å²) < 4.78 is 20.6. The van der Waals surface area contributed by atoms with Crippen LogP contribution >= 0.6 is 0 Å². The van der Waals surface area contributed by atoms with Crippen molar-refractivity contribution in [3.63, 3.8) is 0 Å². The summed E-state index contributed by atoms with van der Waals surface area (Å²) in [6.07, 6.45) is 2.80. The third-order valence-corrected chi connectivity index (χ3v) is 3.51. The Morgan fingerprint density at radius 3 is 3.05 bits per heavy atom. The van der Waals surface area contributed by atoms with Crippen LogP contribution in [0.15, 0.2) is 30.5 Å². The molecular formula is C14H17FN4O. The Kier molecular flexibility index (Phi) is 3.64. The minimum atomic E-state index is -0.507. The van der Waals surface area contributed by atoms with Gasteiger partial charge in [0.1, 0.15) is 6.10 Å². The van der Waals surface area contributed by atoms with Crippen molar-refractivity contribution in [3.05, 3.63) is 42.1 Å². The van der Waals surface area contributed by atoms with E-state index in [0.29, 0.717) is 5.88 Å². The number of aryl methyl sites for hydroxylation is 1. The zero-order valence-electron chi connectivity index (χ0n) is 11.4. The van der Waals surface area contributed by atoms with Gasteiger partial charge in [0.25, 0.3) is 0 Å². The highest BCUT2D eigenvalue weighted by atomic mass is 19.1. The molecule has 106 valence electrons. The van der Waals surface area contributed by atoms with Crippen molar-refractivity contribution in [2.24, 2.45) is 7.05 Å². The molecule has 0 aromatic carbocycles. The third-order valence-electron chi connectivity index (χ3n) is 3.51. The highest BCUT2D eigenvalue weighted by molar-refractivity contribution is 5.11. The largest absolute Gasteiger partial charge is 0.473 e. The minimum absolute atomic E-state index is 0.0672. The summed E-state index contributed by atoms with van der Waals surface area (Å²) in [4.78, 5) is 6.04. The molecule has 2 aromatic heterocycles. The van der Waals surface area contributed by atoms with Crippen LogP contribution in [0.4, 0.5) is 4.39 Å². The summed E-state index contributed by atoms with van der Waals surface area (Å²) in [6.45, 7) is 2.64. The van der Waals surface area contributed by atoms with Gasteiger partial charge in [-0.25, -0.2) is 0 Å². The van der Waals surface area contributed by atoms with Crippen LogP contribution in [0.1, 0.15) is 12.1 Å². The fraction of sp³-hybridized carbons (Fsp3) is 0.429. The van der Waals surface area contributed by atoms with Crippen molar-refractivity contribution in [2.75, 3.05) is 13.1 Å². The van der Waals surface area contributed by atoms with Crippen molar-refractivity contribution >= 4 is 0 Å². The standard InChI is InChI=1S/C14H17FN4O/c1-18-11(5-7-16-18)9-19-8-6-12(10-19)20-14-4-2-3-13(15)17-14/h2-5,7,12H,6,8-10H2,1H3. The number of rotatable bonds is 4. The lowest BCUT2D eigenvalue weighted by Gasteiger charge is -2.16. The van der Waals surface area contributed by atoms with Crippen molar-refractivity contribution in [3.8, 4) is 5.88 Å². The van der Waals surface area contributed by atoms with Crippen LogP contribution < -0.4 is 4.74 Å². The van der Waals surface area contributed by atoms with Gasteiger partial charge in [0.15, 0.2) is 0 Å². The SMILES string of the molecule is Cn1nccc1CN1CCC(Oc2cccc(F)n2)C1. The third kappa shape index (κ3) is 2.96. The quantitative estimate of drug-likeness (QED) is 0.796. The molecule has 0 spiro atoms. The molecule has 1 fully saturated rings. The van der Waals surface area contributed by atoms with Crippen molar-refractivity contribution in [1.29, 1.82) is 0 Å². The van der Waals surface area contributed by atoms with E-state index in [9.17, 15) is 4.39 Å². The Bertz CT molecular complexity index is 586. The van der Waals surface area contributed by atoms with Gasteiger partial charge in [0.2, 0.25) is 11.8 Å². The molecular weight excluding hydrogens is 259 g/mol. The number of likely N-dealkylation sites (tertiary alicyclic amines) is 1. The Morgan fingerprint density at radius 1 is 1.40 bits per heavy atom. The number of aromatic nitrogens is 3. The molecule has 3 heterocycles. The molecule has 0 amide bonds. The maximum absolute atomic E-state index is 13.0. The molecule has 0 saturated carbocycles. The predicted octanol–water partition coefficient (Wildman–Crippen LogP) is 1.61. The lowest BCUT2D eigenvalue weighted by atomic mass is 10.3. The summed E-state index contributed by atoms with van der Waals surface area (Å²) in [7, 11) is 1.94. The predicted molar refractivity (Wildman–Crippen MR) is 71.7 cm³/mol. The number of halogens is 1. The Hall–Kier alpha value is -1.95. The summed E-state index contributed by atoms with van der Waals surface area (Å²) in [5, 5.41) is 4.16. The van der Waals surface area contributed by atoms with Crippen LogP contribution in [-0.2, 0) is 13.6 Å². The van der Waals surface area contributed by atoms with Gasteiger partial charge in [-0.05, 0) is 18.6 Å². The summed E-state index contributed by atoms with van der Waals surface area (Å²) in [5.74, 6) is -0.148. The van der Waals surface area contributed by atoms with Crippen LogP contribution in [0, 0.1) is 5.95 Å². The zero-order chi connectivity index (χ0) is 13.9. The lowest BCUT2D eigenvalue weighted by Crippen LogP contribution is -2.25. The topological polar surface area (TPSA) is 43.2 Å². The Labute approximate surface area is 117 Å². The van der Waals surface area contributed by atoms with Gasteiger partial charge in [-0.2, -0.15) is 14.5 Å². The molecule has 5 nitrogen and oxygen atoms in total. The first-order valence-corrected chi connectivity index (χ1v) is 6.69. The molecule has 1 unspecified atom stereocenters. The van der Waals surface area contributed by atoms with Gasteiger partial charge >= 0.3 is 0 Å². The maximum atomic E-state index is 13.0. The monoisotopic (exact) mass is 276 g/mol. The zero-order valence-corrected chi connectivity index (χ0v) is 11.4. The molecule has 1 saturated heterocycles. The average Bonchev–Trinajstić information content (AvgIpc) is 3.01. The van der Waals surface area contributed by atoms with Gasteiger partial charge in [-0.15, -0.1) is 0 Å². The van der Waals surface area contributed by atoms with E-state index >= 15 is 0 Å². The number of pyridine rings is 1. The van der Waals surface area contributed by atoms with Gasteiger partial charge in [0, 0.05) is 38.9 Å². The van der Waals surface area contributed by atoms with Gasteiger partial charge < -0.3 is 4.74 Å². The molecule has 20 heavy (non-hydrogen) atoms. The van der Waals surface area contributed by atoms with Crippen LogP contribution in [-0.4, -0.2) is 38.9 Å². The number of hydrogen-bond donors (Lipinski definition) is 0. The van der Waals surface area contributed by atoms with E-state index in [1.165, 1.54) is 11.8 Å². The fourth-order valence-corrected chi connectivity index (χ4v) is 2.45. The summed E-state index contributed by atoms with van der Waals surface area (Å²) in [6, 6.07) is 6.63. The van der Waals surface area contributed by atoms with Crippen molar-refractivity contribution < 1.29 is 9.13 Å². The first-order valence-electron chi connectivity index (χ1n) is 6.69. The summed E-state index contributed by atoms with van der Waals surface area (Å²) >= 11 is 0. The second-order valence-electron chi connectivity index (χ2n) is 5.01. The van der Waals surface area contributed by atoms with Crippen molar-refractivity contribution in [2.45, 2.75) is 19.1 Å². The molecule has 1 atom stereocenters. The lowest BCUT2D eigenvalue weighted by molar-refractivity contribution is 0.188. The van der Waals surface area contributed by atoms with E-state index in [2.05, 4.69) is 15.0 Å². The number of nitrogens with zero attached hydrogens (tertiary/aromatic N) is 4. The van der Waals surface area contributed by atoms with Crippen LogP contribution in [0.25, 0.3) is 0 Å². The van der Waals surface area contributed by atoms with E-state index in [1.54, 1.807) is 18.3 Å². The molecule has 2 aromatic rings.